The highest BCUT2D eigenvalue weighted by molar-refractivity contribution is 5.40. The molecular formula is C11H12O2. The van der Waals surface area contributed by atoms with E-state index in [1.165, 1.54) is 0 Å². The number of fused-ring (bicyclic) bond motifs is 1. The van der Waals surface area contributed by atoms with E-state index in [4.69, 9.17) is 9.47 Å². The van der Waals surface area contributed by atoms with Crippen molar-refractivity contribution in [2.45, 2.75) is 12.5 Å². The number of rotatable bonds is 2. The van der Waals surface area contributed by atoms with Crippen LogP contribution < -0.4 is 9.47 Å². The number of hydrogen-bond acceptors (Lipinski definition) is 2. The average molecular weight is 176 g/mol. The summed E-state index contributed by atoms with van der Waals surface area (Å²) >= 11 is 0. The van der Waals surface area contributed by atoms with Gasteiger partial charge in [0.1, 0.15) is 12.7 Å². The van der Waals surface area contributed by atoms with E-state index in [9.17, 15) is 0 Å². The minimum absolute atomic E-state index is 0.118. The lowest BCUT2D eigenvalue weighted by Gasteiger charge is -2.25. The fraction of sp³-hybridized carbons (Fsp3) is 0.273. The van der Waals surface area contributed by atoms with E-state index in [0.29, 0.717) is 6.61 Å². The molecule has 1 aromatic carbocycles. The summed E-state index contributed by atoms with van der Waals surface area (Å²) in [4.78, 5) is 0. The molecule has 13 heavy (non-hydrogen) atoms. The monoisotopic (exact) mass is 176 g/mol. The van der Waals surface area contributed by atoms with Crippen LogP contribution in [0.25, 0.3) is 0 Å². The van der Waals surface area contributed by atoms with Gasteiger partial charge in [-0.15, -0.1) is 6.58 Å². The lowest BCUT2D eigenvalue weighted by atomic mass is 10.2. The third kappa shape index (κ3) is 1.66. The summed E-state index contributed by atoms with van der Waals surface area (Å²) in [6.45, 7) is 4.29. The molecule has 1 atom stereocenters. The molecule has 0 saturated heterocycles. The topological polar surface area (TPSA) is 18.5 Å². The van der Waals surface area contributed by atoms with Gasteiger partial charge in [-0.2, -0.15) is 0 Å². The molecule has 0 radical (unpaired) electrons. The van der Waals surface area contributed by atoms with Crippen LogP contribution in [-0.2, 0) is 0 Å². The van der Waals surface area contributed by atoms with Crippen molar-refractivity contribution < 1.29 is 9.47 Å². The smallest absolute Gasteiger partial charge is 0.161 e. The molecule has 1 aromatic rings. The maximum atomic E-state index is 5.68. The van der Waals surface area contributed by atoms with Gasteiger partial charge in [0.2, 0.25) is 0 Å². The lowest BCUT2D eigenvalue weighted by molar-refractivity contribution is 0.0932. The van der Waals surface area contributed by atoms with Crippen molar-refractivity contribution in [1.29, 1.82) is 0 Å². The molecule has 68 valence electrons. The third-order valence-corrected chi connectivity index (χ3v) is 2.00. The summed E-state index contributed by atoms with van der Waals surface area (Å²) < 4.78 is 11.2. The minimum Gasteiger partial charge on any atom is -0.486 e. The second-order valence-corrected chi connectivity index (χ2v) is 3.02. The summed E-state index contributed by atoms with van der Waals surface area (Å²) in [7, 11) is 0. The van der Waals surface area contributed by atoms with Gasteiger partial charge in [-0.25, -0.2) is 0 Å². The van der Waals surface area contributed by atoms with E-state index in [1.807, 2.05) is 30.3 Å². The van der Waals surface area contributed by atoms with E-state index < -0.39 is 0 Å². The molecule has 1 aliphatic rings. The van der Waals surface area contributed by atoms with Gasteiger partial charge >= 0.3 is 0 Å². The molecule has 0 N–H and O–H groups in total. The van der Waals surface area contributed by atoms with E-state index in [1.54, 1.807) is 0 Å². The quantitative estimate of drug-likeness (QED) is 0.644. The molecule has 0 aliphatic carbocycles. The highest BCUT2D eigenvalue weighted by atomic mass is 16.6. The van der Waals surface area contributed by atoms with Gasteiger partial charge in [0, 0.05) is 6.42 Å². The lowest BCUT2D eigenvalue weighted by Crippen LogP contribution is -2.28. The van der Waals surface area contributed by atoms with Crippen molar-refractivity contribution in [3.63, 3.8) is 0 Å². The molecule has 0 fully saturated rings. The van der Waals surface area contributed by atoms with Gasteiger partial charge in [0.25, 0.3) is 0 Å². The Morgan fingerprint density at radius 2 is 2.15 bits per heavy atom. The molecule has 0 bridgehead atoms. The van der Waals surface area contributed by atoms with Gasteiger partial charge in [-0.3, -0.25) is 0 Å². The molecule has 0 spiro atoms. The van der Waals surface area contributed by atoms with Crippen LogP contribution in [-0.4, -0.2) is 12.7 Å². The third-order valence-electron chi connectivity index (χ3n) is 2.00. The average Bonchev–Trinajstić information content (AvgIpc) is 2.18. The Morgan fingerprint density at radius 3 is 2.92 bits per heavy atom. The highest BCUT2D eigenvalue weighted by Crippen LogP contribution is 2.31. The van der Waals surface area contributed by atoms with E-state index in [2.05, 4.69) is 6.58 Å². The van der Waals surface area contributed by atoms with Gasteiger partial charge in [-0.1, -0.05) is 18.2 Å². The first-order valence-corrected chi connectivity index (χ1v) is 4.39. The van der Waals surface area contributed by atoms with Crippen LogP contribution in [0.4, 0.5) is 0 Å². The number of benzene rings is 1. The second-order valence-electron chi connectivity index (χ2n) is 3.02. The zero-order chi connectivity index (χ0) is 9.10. The Morgan fingerprint density at radius 1 is 1.38 bits per heavy atom. The van der Waals surface area contributed by atoms with Gasteiger partial charge in [0.05, 0.1) is 0 Å². The molecular weight excluding hydrogens is 164 g/mol. The first kappa shape index (κ1) is 8.17. The molecule has 0 saturated carbocycles. The molecule has 1 aliphatic heterocycles. The first-order chi connectivity index (χ1) is 6.40. The molecule has 2 heteroatoms. The van der Waals surface area contributed by atoms with Gasteiger partial charge in [0.15, 0.2) is 11.5 Å². The van der Waals surface area contributed by atoms with Crippen LogP contribution in [0.5, 0.6) is 11.5 Å². The first-order valence-electron chi connectivity index (χ1n) is 4.39. The maximum Gasteiger partial charge on any atom is 0.161 e. The Labute approximate surface area is 77.8 Å². The largest absolute Gasteiger partial charge is 0.486 e. The van der Waals surface area contributed by atoms with Crippen molar-refractivity contribution in [2.75, 3.05) is 6.61 Å². The Kier molecular flexibility index (Phi) is 2.21. The van der Waals surface area contributed by atoms with E-state index in [0.717, 1.165) is 17.9 Å². The number of hydrogen-bond donors (Lipinski definition) is 0. The van der Waals surface area contributed by atoms with Crippen LogP contribution in [0.3, 0.4) is 0 Å². The van der Waals surface area contributed by atoms with Crippen molar-refractivity contribution in [3.05, 3.63) is 36.9 Å². The van der Waals surface area contributed by atoms with Crippen LogP contribution >= 0.6 is 0 Å². The van der Waals surface area contributed by atoms with E-state index in [-0.39, 0.29) is 6.10 Å². The molecule has 2 nitrogen and oxygen atoms in total. The Bertz CT molecular complexity index is 307. The summed E-state index contributed by atoms with van der Waals surface area (Å²) in [6.07, 6.45) is 2.79. The molecule has 0 amide bonds. The van der Waals surface area contributed by atoms with E-state index >= 15 is 0 Å². The maximum absolute atomic E-state index is 5.68. The summed E-state index contributed by atoms with van der Waals surface area (Å²) in [6, 6.07) is 7.72. The highest BCUT2D eigenvalue weighted by Gasteiger charge is 2.18. The van der Waals surface area contributed by atoms with Crippen molar-refractivity contribution in [3.8, 4) is 11.5 Å². The van der Waals surface area contributed by atoms with Crippen molar-refractivity contribution in [1.82, 2.24) is 0 Å². The van der Waals surface area contributed by atoms with Gasteiger partial charge in [-0.05, 0) is 12.1 Å². The van der Waals surface area contributed by atoms with Crippen LogP contribution in [0.2, 0.25) is 0 Å². The number of ether oxygens (including phenoxy) is 2. The normalized spacial score (nSPS) is 19.5. The Balaban J connectivity index is 2.15. The molecule has 0 aromatic heterocycles. The zero-order valence-corrected chi connectivity index (χ0v) is 7.40. The summed E-state index contributed by atoms with van der Waals surface area (Å²) in [5.41, 5.74) is 0. The van der Waals surface area contributed by atoms with Crippen molar-refractivity contribution in [2.24, 2.45) is 0 Å². The summed E-state index contributed by atoms with van der Waals surface area (Å²) in [5, 5.41) is 0. The van der Waals surface area contributed by atoms with Crippen molar-refractivity contribution >= 4 is 0 Å². The van der Waals surface area contributed by atoms with Gasteiger partial charge < -0.3 is 9.47 Å². The SMILES string of the molecule is C=CCC1COc2ccccc2O1. The molecule has 1 heterocycles. The second kappa shape index (κ2) is 3.52. The fourth-order valence-electron chi connectivity index (χ4n) is 1.37. The van der Waals surface area contributed by atoms with Crippen LogP contribution in [0, 0.1) is 0 Å². The molecule has 1 unspecified atom stereocenters. The molecule has 2 rings (SSSR count). The summed E-state index contributed by atoms with van der Waals surface area (Å²) in [5.74, 6) is 1.67. The Hall–Kier alpha value is -1.44. The predicted octanol–water partition coefficient (Wildman–Crippen LogP) is 2.40. The fourth-order valence-corrected chi connectivity index (χ4v) is 1.37. The zero-order valence-electron chi connectivity index (χ0n) is 7.40. The predicted molar refractivity (Wildman–Crippen MR) is 51.2 cm³/mol. The minimum atomic E-state index is 0.118. The standard InChI is InChI=1S/C11H12O2/c1-2-5-9-8-12-10-6-3-4-7-11(10)13-9/h2-4,6-7,9H,1,5,8H2. The van der Waals surface area contributed by atoms with Crippen LogP contribution in [0.15, 0.2) is 36.9 Å². The number of para-hydroxylation sites is 2. The van der Waals surface area contributed by atoms with Crippen LogP contribution in [0.1, 0.15) is 6.42 Å².